The van der Waals surface area contributed by atoms with Gasteiger partial charge in [-0.15, -0.1) is 10.2 Å². The van der Waals surface area contributed by atoms with Crippen LogP contribution in [-0.2, 0) is 4.79 Å². The van der Waals surface area contributed by atoms with Crippen molar-refractivity contribution in [3.63, 3.8) is 0 Å². The van der Waals surface area contributed by atoms with Gasteiger partial charge in [-0.2, -0.15) is 5.26 Å². The summed E-state index contributed by atoms with van der Waals surface area (Å²) >= 11 is 0. The maximum absolute atomic E-state index is 9.77. The van der Waals surface area contributed by atoms with Crippen molar-refractivity contribution in [2.45, 2.75) is 19.8 Å². The van der Waals surface area contributed by atoms with Gasteiger partial charge in [0.2, 0.25) is 5.88 Å². The van der Waals surface area contributed by atoms with Gasteiger partial charge in [-0.05, 0) is 31.0 Å². The van der Waals surface area contributed by atoms with Gasteiger partial charge in [-0.3, -0.25) is 4.79 Å². The van der Waals surface area contributed by atoms with E-state index in [0.29, 0.717) is 5.92 Å². The molecule has 6 nitrogen and oxygen atoms in total. The standard InChI is InChI=1S/C10H15N.C6H3N3O2/c1-8-3-5-10(6-4-8)9(2)7-11;7-3-5-1-2-6(9-8-5)11-4-10/h3-6,9H,7,11H2,1-2H3;1-2,4H. The zero-order valence-corrected chi connectivity index (χ0v) is 12.6. The summed E-state index contributed by atoms with van der Waals surface area (Å²) in [6, 6.07) is 13.1. The van der Waals surface area contributed by atoms with Gasteiger partial charge in [-0.1, -0.05) is 36.8 Å². The maximum Gasteiger partial charge on any atom is 0.299 e. The molecule has 114 valence electrons. The molecule has 1 unspecified atom stereocenters. The molecule has 1 aromatic carbocycles. The zero-order valence-electron chi connectivity index (χ0n) is 12.6. The summed E-state index contributed by atoms with van der Waals surface area (Å²) in [5.74, 6) is 0.564. The van der Waals surface area contributed by atoms with Gasteiger partial charge < -0.3 is 10.5 Å². The Hall–Kier alpha value is -2.78. The molecule has 0 radical (unpaired) electrons. The lowest BCUT2D eigenvalue weighted by Gasteiger charge is -2.07. The highest BCUT2D eigenvalue weighted by Crippen LogP contribution is 2.13. The predicted molar refractivity (Wildman–Crippen MR) is 82.1 cm³/mol. The van der Waals surface area contributed by atoms with Gasteiger partial charge >= 0.3 is 0 Å². The number of carbonyl (C=O) groups excluding carboxylic acids is 1. The van der Waals surface area contributed by atoms with E-state index in [1.54, 1.807) is 6.07 Å². The van der Waals surface area contributed by atoms with Crippen molar-refractivity contribution in [3.05, 3.63) is 53.2 Å². The Morgan fingerprint density at radius 2 is 1.95 bits per heavy atom. The lowest BCUT2D eigenvalue weighted by molar-refractivity contribution is -0.121. The Morgan fingerprint density at radius 1 is 1.27 bits per heavy atom. The van der Waals surface area contributed by atoms with Gasteiger partial charge in [-0.25, -0.2) is 0 Å². The SMILES string of the molecule is Cc1ccc(C(C)CN)cc1.N#Cc1ccc(OC=O)nn1. The number of rotatable bonds is 4. The Balaban J connectivity index is 0.000000220. The number of hydrogen-bond acceptors (Lipinski definition) is 6. The highest BCUT2D eigenvalue weighted by Gasteiger charge is 2.00. The molecule has 0 spiro atoms. The number of benzene rings is 1. The molecule has 0 fully saturated rings. The number of nitrogens with two attached hydrogens (primary N) is 1. The van der Waals surface area contributed by atoms with Crippen LogP contribution in [0, 0.1) is 18.3 Å². The molecule has 2 aromatic rings. The molecule has 0 saturated carbocycles. The van der Waals surface area contributed by atoms with Gasteiger partial charge in [0.1, 0.15) is 6.07 Å². The first-order valence-electron chi connectivity index (χ1n) is 6.71. The fourth-order valence-electron chi connectivity index (χ4n) is 1.52. The van der Waals surface area contributed by atoms with Crippen molar-refractivity contribution >= 4 is 6.47 Å². The summed E-state index contributed by atoms with van der Waals surface area (Å²) < 4.78 is 4.34. The second-order valence-electron chi connectivity index (χ2n) is 4.63. The number of hydrogen-bond donors (Lipinski definition) is 1. The van der Waals surface area contributed by atoms with Crippen molar-refractivity contribution in [2.75, 3.05) is 6.54 Å². The topological polar surface area (TPSA) is 102 Å². The van der Waals surface area contributed by atoms with E-state index < -0.39 is 0 Å². The van der Waals surface area contributed by atoms with Crippen molar-refractivity contribution in [2.24, 2.45) is 5.73 Å². The van der Waals surface area contributed by atoms with E-state index in [0.717, 1.165) is 6.54 Å². The number of aryl methyl sites for hydroxylation is 1. The summed E-state index contributed by atoms with van der Waals surface area (Å²) in [6.07, 6.45) is 0. The molecule has 1 atom stereocenters. The van der Waals surface area contributed by atoms with Crippen LogP contribution in [0.1, 0.15) is 29.7 Å². The van der Waals surface area contributed by atoms with Gasteiger partial charge in [0.25, 0.3) is 6.47 Å². The normalized spacial score (nSPS) is 10.6. The summed E-state index contributed by atoms with van der Waals surface area (Å²) in [6.45, 7) is 5.21. The largest absolute Gasteiger partial charge is 0.408 e. The van der Waals surface area contributed by atoms with E-state index in [9.17, 15) is 4.79 Å². The van der Waals surface area contributed by atoms with E-state index in [-0.39, 0.29) is 18.0 Å². The van der Waals surface area contributed by atoms with E-state index in [1.165, 1.54) is 23.3 Å². The van der Waals surface area contributed by atoms with Crippen molar-refractivity contribution < 1.29 is 9.53 Å². The third-order valence-electron chi connectivity index (χ3n) is 2.92. The Morgan fingerprint density at radius 3 is 2.41 bits per heavy atom. The Bertz CT molecular complexity index is 618. The number of nitrogens with zero attached hydrogens (tertiary/aromatic N) is 3. The summed E-state index contributed by atoms with van der Waals surface area (Å²) in [4.78, 5) is 9.77. The van der Waals surface area contributed by atoms with Crippen molar-refractivity contribution in [1.82, 2.24) is 10.2 Å². The Kier molecular flexibility index (Phi) is 7.23. The average molecular weight is 298 g/mol. The molecule has 0 aliphatic heterocycles. The van der Waals surface area contributed by atoms with Crippen LogP contribution in [0.3, 0.4) is 0 Å². The molecule has 0 aliphatic carbocycles. The fraction of sp³-hybridized carbons (Fsp3) is 0.250. The second kappa shape index (κ2) is 9.21. The molecular weight excluding hydrogens is 280 g/mol. The third-order valence-corrected chi connectivity index (χ3v) is 2.92. The molecule has 6 heteroatoms. The molecule has 0 saturated heterocycles. The zero-order chi connectivity index (χ0) is 16.4. The van der Waals surface area contributed by atoms with E-state index in [1.807, 2.05) is 0 Å². The van der Waals surface area contributed by atoms with Crippen molar-refractivity contribution in [3.8, 4) is 11.9 Å². The highest BCUT2D eigenvalue weighted by molar-refractivity contribution is 5.42. The summed E-state index contributed by atoms with van der Waals surface area (Å²) in [5, 5.41) is 15.1. The lowest BCUT2D eigenvalue weighted by atomic mass is 10.0. The van der Waals surface area contributed by atoms with Crippen LogP contribution in [0.4, 0.5) is 0 Å². The fourth-order valence-corrected chi connectivity index (χ4v) is 1.52. The molecule has 2 rings (SSSR count). The molecule has 1 heterocycles. The van der Waals surface area contributed by atoms with Crippen LogP contribution >= 0.6 is 0 Å². The van der Waals surface area contributed by atoms with Crippen molar-refractivity contribution in [1.29, 1.82) is 5.26 Å². The van der Waals surface area contributed by atoms with Crippen LogP contribution in [0.15, 0.2) is 36.4 Å². The van der Waals surface area contributed by atoms with Crippen LogP contribution in [0.5, 0.6) is 5.88 Å². The molecule has 0 aliphatic rings. The summed E-state index contributed by atoms with van der Waals surface area (Å²) in [7, 11) is 0. The maximum atomic E-state index is 9.77. The van der Waals surface area contributed by atoms with E-state index in [4.69, 9.17) is 11.0 Å². The minimum absolute atomic E-state index is 0.0824. The van der Waals surface area contributed by atoms with Gasteiger partial charge in [0.05, 0.1) is 0 Å². The molecular formula is C16H18N4O2. The highest BCUT2D eigenvalue weighted by atomic mass is 16.5. The minimum atomic E-state index is 0.0824. The molecule has 22 heavy (non-hydrogen) atoms. The lowest BCUT2D eigenvalue weighted by Crippen LogP contribution is -2.08. The predicted octanol–water partition coefficient (Wildman–Crippen LogP) is 1.94. The minimum Gasteiger partial charge on any atom is -0.408 e. The smallest absolute Gasteiger partial charge is 0.299 e. The van der Waals surface area contributed by atoms with Gasteiger partial charge in [0, 0.05) is 6.07 Å². The first-order valence-corrected chi connectivity index (χ1v) is 6.71. The molecule has 1 aromatic heterocycles. The number of nitriles is 1. The van der Waals surface area contributed by atoms with Crippen LogP contribution in [0.25, 0.3) is 0 Å². The van der Waals surface area contributed by atoms with E-state index >= 15 is 0 Å². The van der Waals surface area contributed by atoms with Crippen LogP contribution in [-0.4, -0.2) is 23.2 Å². The first-order chi connectivity index (χ1) is 10.6. The van der Waals surface area contributed by atoms with Crippen LogP contribution < -0.4 is 10.5 Å². The van der Waals surface area contributed by atoms with E-state index in [2.05, 4.69) is 53.0 Å². The number of ether oxygens (including phenoxy) is 1. The first kappa shape index (κ1) is 17.3. The van der Waals surface area contributed by atoms with Crippen LogP contribution in [0.2, 0.25) is 0 Å². The average Bonchev–Trinajstić information content (AvgIpc) is 2.56. The molecule has 0 bridgehead atoms. The number of carbonyl (C=O) groups is 1. The number of aromatic nitrogens is 2. The monoisotopic (exact) mass is 298 g/mol. The third kappa shape index (κ3) is 5.69. The van der Waals surface area contributed by atoms with Gasteiger partial charge in [0.15, 0.2) is 5.69 Å². The summed E-state index contributed by atoms with van der Waals surface area (Å²) in [5.41, 5.74) is 8.36. The quantitative estimate of drug-likeness (QED) is 0.865. The molecule has 2 N–H and O–H groups in total. The second-order valence-corrected chi connectivity index (χ2v) is 4.63. The Labute approximate surface area is 129 Å². The molecule has 0 amide bonds.